The molecule has 11 heteroatoms. The van der Waals surface area contributed by atoms with Gasteiger partial charge >= 0.3 is 0 Å². The van der Waals surface area contributed by atoms with Crippen molar-refractivity contribution in [3.8, 4) is 34.1 Å². The first-order valence-electron chi connectivity index (χ1n) is 14.7. The van der Waals surface area contributed by atoms with E-state index in [0.29, 0.717) is 34.1 Å². The van der Waals surface area contributed by atoms with E-state index in [4.69, 9.17) is 18.9 Å². The quantitative estimate of drug-likeness (QED) is 0.351. The van der Waals surface area contributed by atoms with Crippen molar-refractivity contribution >= 4 is 17.7 Å². The summed E-state index contributed by atoms with van der Waals surface area (Å²) in [5, 5.41) is 5.75. The molecule has 0 unspecified atom stereocenters. The highest BCUT2D eigenvalue weighted by atomic mass is 19.1. The Morgan fingerprint density at radius 1 is 0.870 bits per heavy atom. The number of hydrogen-bond donors (Lipinski definition) is 2. The monoisotopic (exact) mass is 625 g/mol. The van der Waals surface area contributed by atoms with E-state index in [1.54, 1.807) is 65.6 Å². The number of benzene rings is 4. The van der Waals surface area contributed by atoms with Crippen LogP contribution in [0, 0.1) is 5.82 Å². The number of likely N-dealkylation sites (tertiary alicyclic amines) is 1. The van der Waals surface area contributed by atoms with Gasteiger partial charge in [0.2, 0.25) is 0 Å². The van der Waals surface area contributed by atoms with Gasteiger partial charge in [-0.2, -0.15) is 0 Å². The van der Waals surface area contributed by atoms with Crippen LogP contribution in [0.5, 0.6) is 23.0 Å². The van der Waals surface area contributed by atoms with E-state index in [2.05, 4.69) is 10.6 Å². The van der Waals surface area contributed by atoms with Gasteiger partial charge in [0.15, 0.2) is 6.61 Å². The fourth-order valence-electron chi connectivity index (χ4n) is 5.57. The highest BCUT2D eigenvalue weighted by molar-refractivity contribution is 6.00. The van der Waals surface area contributed by atoms with Gasteiger partial charge in [-0.25, -0.2) is 4.39 Å². The lowest BCUT2D eigenvalue weighted by atomic mass is 10.0. The highest BCUT2D eigenvalue weighted by Gasteiger charge is 2.40. The van der Waals surface area contributed by atoms with Crippen LogP contribution in [0.2, 0.25) is 0 Å². The third-order valence-electron chi connectivity index (χ3n) is 7.96. The maximum absolute atomic E-state index is 15.1. The molecule has 3 heterocycles. The number of hydrogen-bond acceptors (Lipinski definition) is 7. The zero-order valence-corrected chi connectivity index (χ0v) is 25.2. The fourth-order valence-corrected chi connectivity index (χ4v) is 5.57. The predicted octanol–water partition coefficient (Wildman–Crippen LogP) is 4.22. The average Bonchev–Trinajstić information content (AvgIpc) is 3.47. The summed E-state index contributed by atoms with van der Waals surface area (Å²) in [6.07, 6.45) is -0.676. The Bertz CT molecular complexity index is 1760. The standard InChI is InChI=1S/C35H32FN3O7/c1-43-29-7-4-8-30(44-2)33(29)35(42)39-18-28-31(19-39)46-24-12-9-21(10-13-24)17-37-32(40)20-45-25-6-3-5-22(15-25)23-11-14-27(36)26(16-23)34(41)38-28/h3-16,28,31H,17-20H2,1-2H3,(H,37,40)(H,38,41)/t28-,31-/m0/s1. The van der Waals surface area contributed by atoms with Crippen molar-refractivity contribution < 1.29 is 37.7 Å². The Hall–Kier alpha value is -5.58. The van der Waals surface area contributed by atoms with Crippen LogP contribution >= 0.6 is 0 Å². The van der Waals surface area contributed by atoms with Crippen LogP contribution < -0.4 is 29.6 Å². The molecule has 2 atom stereocenters. The molecule has 0 radical (unpaired) electrons. The van der Waals surface area contributed by atoms with Gasteiger partial charge in [-0.1, -0.05) is 36.4 Å². The van der Waals surface area contributed by atoms with E-state index >= 15 is 4.39 Å². The van der Waals surface area contributed by atoms with E-state index in [0.717, 1.165) is 5.56 Å². The number of carbonyl (C=O) groups is 3. The first kappa shape index (κ1) is 30.4. The largest absolute Gasteiger partial charge is 0.496 e. The normalized spacial score (nSPS) is 17.9. The number of fused-ring (bicyclic) bond motifs is 7. The van der Waals surface area contributed by atoms with Crippen molar-refractivity contribution in [2.45, 2.75) is 18.7 Å². The number of rotatable bonds is 3. The fraction of sp³-hybridized carbons (Fsp3) is 0.229. The minimum Gasteiger partial charge on any atom is -0.496 e. The zero-order chi connectivity index (χ0) is 32.2. The summed E-state index contributed by atoms with van der Waals surface area (Å²) in [4.78, 5) is 41.5. The Morgan fingerprint density at radius 2 is 1.59 bits per heavy atom. The Morgan fingerprint density at radius 3 is 2.33 bits per heavy atom. The second-order valence-corrected chi connectivity index (χ2v) is 10.9. The van der Waals surface area contributed by atoms with E-state index in [-0.39, 0.29) is 49.2 Å². The first-order valence-corrected chi connectivity index (χ1v) is 14.7. The Balaban J connectivity index is 1.35. The van der Waals surface area contributed by atoms with Crippen molar-refractivity contribution in [3.63, 3.8) is 0 Å². The maximum Gasteiger partial charge on any atom is 0.261 e. The number of amides is 3. The molecule has 0 saturated carbocycles. The topological polar surface area (TPSA) is 115 Å². The maximum atomic E-state index is 15.1. The van der Waals surface area contributed by atoms with E-state index in [1.165, 1.54) is 26.4 Å². The lowest BCUT2D eigenvalue weighted by molar-refractivity contribution is -0.123. The predicted molar refractivity (Wildman–Crippen MR) is 167 cm³/mol. The number of halogens is 1. The molecule has 0 aromatic heterocycles. The summed E-state index contributed by atoms with van der Waals surface area (Å²) in [7, 11) is 2.94. The van der Waals surface area contributed by atoms with Gasteiger partial charge < -0.3 is 34.5 Å². The van der Waals surface area contributed by atoms with Crippen molar-refractivity contribution in [1.82, 2.24) is 15.5 Å². The average molecular weight is 626 g/mol. The van der Waals surface area contributed by atoms with Crippen molar-refractivity contribution in [2.75, 3.05) is 33.9 Å². The molecule has 0 spiro atoms. The molecule has 4 aromatic rings. The molecule has 7 rings (SSSR count). The van der Waals surface area contributed by atoms with Crippen LogP contribution in [0.25, 0.3) is 11.1 Å². The molecule has 4 aromatic carbocycles. The first-order chi connectivity index (χ1) is 22.3. The minimum atomic E-state index is -0.704. The molecular weight excluding hydrogens is 593 g/mol. The van der Waals surface area contributed by atoms with Gasteiger partial charge in [-0.3, -0.25) is 14.4 Å². The number of methoxy groups -OCH3 is 2. The van der Waals surface area contributed by atoms with Crippen LogP contribution in [0.3, 0.4) is 0 Å². The van der Waals surface area contributed by atoms with Crippen LogP contribution in [0.15, 0.2) is 84.9 Å². The van der Waals surface area contributed by atoms with Crippen LogP contribution in [0.1, 0.15) is 26.3 Å². The van der Waals surface area contributed by atoms with Crippen LogP contribution in [-0.4, -0.2) is 68.7 Å². The third kappa shape index (κ3) is 6.44. The molecular formula is C35H32FN3O7. The lowest BCUT2D eigenvalue weighted by Crippen LogP contribution is -2.45. The summed E-state index contributed by atoms with van der Waals surface area (Å²) in [6.45, 7) is 0.298. The summed E-state index contributed by atoms with van der Waals surface area (Å²) >= 11 is 0. The molecule has 1 saturated heterocycles. The van der Waals surface area contributed by atoms with Gasteiger partial charge in [0, 0.05) is 13.1 Å². The SMILES string of the molecule is COc1cccc(OC)c1C(=O)N1C[C@@H]2NC(=O)c3cc(ccc3F)-c3cccc(c3)OCC(=O)NCc3ccc(cc3)O[C@H]2C1. The van der Waals surface area contributed by atoms with Crippen molar-refractivity contribution in [2.24, 2.45) is 0 Å². The Kier molecular flexibility index (Phi) is 8.73. The van der Waals surface area contributed by atoms with Gasteiger partial charge in [0.25, 0.3) is 17.7 Å². The van der Waals surface area contributed by atoms with E-state index in [9.17, 15) is 14.4 Å². The number of nitrogens with one attached hydrogen (secondary N) is 2. The summed E-state index contributed by atoms with van der Waals surface area (Å²) in [5.41, 5.74) is 2.16. The second-order valence-electron chi connectivity index (χ2n) is 10.9. The van der Waals surface area contributed by atoms with Crippen molar-refractivity contribution in [1.29, 1.82) is 0 Å². The lowest BCUT2D eigenvalue weighted by Gasteiger charge is -2.21. The molecule has 0 aliphatic carbocycles. The number of carbonyl (C=O) groups excluding carboxylic acids is 3. The van der Waals surface area contributed by atoms with Gasteiger partial charge in [0.1, 0.15) is 40.5 Å². The second kappa shape index (κ2) is 13.2. The third-order valence-corrected chi connectivity index (χ3v) is 7.96. The summed E-state index contributed by atoms with van der Waals surface area (Å²) < 4.78 is 38.0. The smallest absolute Gasteiger partial charge is 0.261 e. The molecule has 46 heavy (non-hydrogen) atoms. The molecule has 3 aliphatic rings. The zero-order valence-electron chi connectivity index (χ0n) is 25.2. The van der Waals surface area contributed by atoms with Crippen molar-refractivity contribution in [3.05, 3.63) is 107 Å². The molecule has 1 fully saturated rings. The molecule has 3 amide bonds. The summed E-state index contributed by atoms with van der Waals surface area (Å²) in [6, 6.07) is 22.7. The molecule has 6 bridgehead atoms. The molecule has 10 nitrogen and oxygen atoms in total. The number of nitrogens with zero attached hydrogens (tertiary/aromatic N) is 1. The number of ether oxygens (including phenoxy) is 4. The van der Waals surface area contributed by atoms with Crippen LogP contribution in [-0.2, 0) is 11.3 Å². The van der Waals surface area contributed by atoms with Gasteiger partial charge in [-0.15, -0.1) is 0 Å². The summed E-state index contributed by atoms with van der Waals surface area (Å²) in [5.74, 6) is -0.403. The van der Waals surface area contributed by atoms with Gasteiger partial charge in [0.05, 0.1) is 32.4 Å². The van der Waals surface area contributed by atoms with E-state index < -0.39 is 23.9 Å². The Labute approximate surface area is 265 Å². The van der Waals surface area contributed by atoms with Crippen LogP contribution in [0.4, 0.5) is 4.39 Å². The molecule has 236 valence electrons. The highest BCUT2D eigenvalue weighted by Crippen LogP contribution is 2.32. The van der Waals surface area contributed by atoms with Gasteiger partial charge in [-0.05, 0) is 65.2 Å². The molecule has 3 aliphatic heterocycles. The minimum absolute atomic E-state index is 0.0846. The van der Waals surface area contributed by atoms with E-state index in [1.807, 2.05) is 12.1 Å². The molecule has 2 N–H and O–H groups in total.